The van der Waals surface area contributed by atoms with Gasteiger partial charge in [-0.05, 0) is 12.1 Å². The molecule has 1 heterocycles. The Labute approximate surface area is 138 Å². The third-order valence-electron chi connectivity index (χ3n) is 3.08. The van der Waals surface area contributed by atoms with Gasteiger partial charge in [-0.3, -0.25) is 14.5 Å². The zero-order valence-corrected chi connectivity index (χ0v) is 13.9. The fraction of sp³-hybridized carbons (Fsp3) is 0.357. The Kier molecular flexibility index (Phi) is 5.62. The van der Waals surface area contributed by atoms with Crippen LogP contribution in [0.2, 0.25) is 0 Å². The smallest absolute Gasteiger partial charge is 0.251 e. The average Bonchev–Trinajstić information content (AvgIpc) is 2.85. The Morgan fingerprint density at radius 1 is 1.32 bits per heavy atom. The summed E-state index contributed by atoms with van der Waals surface area (Å²) in [6.07, 6.45) is 0. The van der Waals surface area contributed by atoms with Gasteiger partial charge in [-0.1, -0.05) is 24.0 Å². The molecule has 0 spiro atoms. The molecule has 0 aliphatic carbocycles. The lowest BCUT2D eigenvalue weighted by Gasteiger charge is -2.15. The maximum atomic E-state index is 12.2. The molecule has 1 fully saturated rings. The summed E-state index contributed by atoms with van der Waals surface area (Å²) in [5, 5.41) is 2.76. The molecular formula is C14H16N2O4S2. The Morgan fingerprint density at radius 3 is 2.45 bits per heavy atom. The minimum absolute atomic E-state index is 0.0210. The maximum Gasteiger partial charge on any atom is 0.251 e. The molecule has 1 saturated heterocycles. The second kappa shape index (κ2) is 7.46. The third kappa shape index (κ3) is 3.89. The van der Waals surface area contributed by atoms with Crippen molar-refractivity contribution in [1.82, 2.24) is 10.2 Å². The van der Waals surface area contributed by atoms with E-state index in [0.717, 1.165) is 0 Å². The van der Waals surface area contributed by atoms with Crippen molar-refractivity contribution in [2.24, 2.45) is 0 Å². The second-order valence-electron chi connectivity index (χ2n) is 4.46. The van der Waals surface area contributed by atoms with Crippen LogP contribution in [0.3, 0.4) is 0 Å². The van der Waals surface area contributed by atoms with Crippen LogP contribution in [-0.4, -0.2) is 54.1 Å². The lowest BCUT2D eigenvalue weighted by molar-refractivity contribution is -0.123. The van der Waals surface area contributed by atoms with E-state index in [0.29, 0.717) is 40.2 Å². The molecule has 0 aromatic heterocycles. The van der Waals surface area contributed by atoms with Gasteiger partial charge in [0.15, 0.2) is 0 Å². The number of carbonyl (C=O) groups excluding carboxylic acids is 2. The molecular weight excluding hydrogens is 324 g/mol. The maximum absolute atomic E-state index is 12.2. The first-order chi connectivity index (χ1) is 10.5. The van der Waals surface area contributed by atoms with Crippen molar-refractivity contribution < 1.29 is 19.1 Å². The summed E-state index contributed by atoms with van der Waals surface area (Å²) < 4.78 is 10.8. The number of nitrogens with zero attached hydrogens (tertiary/aromatic N) is 1. The van der Waals surface area contributed by atoms with Crippen molar-refractivity contribution in [2.45, 2.75) is 0 Å². The number of rotatable bonds is 6. The fourth-order valence-electron chi connectivity index (χ4n) is 1.92. The van der Waals surface area contributed by atoms with Crippen LogP contribution in [0, 0.1) is 0 Å². The van der Waals surface area contributed by atoms with Crippen LogP contribution < -0.4 is 14.8 Å². The third-order valence-corrected chi connectivity index (χ3v) is 4.51. The number of benzene rings is 1. The highest BCUT2D eigenvalue weighted by Gasteiger charge is 2.26. The first kappa shape index (κ1) is 16.6. The quantitative estimate of drug-likeness (QED) is 0.787. The zero-order valence-electron chi connectivity index (χ0n) is 12.3. The molecule has 2 amide bonds. The predicted octanol–water partition coefficient (Wildman–Crippen LogP) is 1.29. The Balaban J connectivity index is 1.95. The van der Waals surface area contributed by atoms with Gasteiger partial charge in [0.25, 0.3) is 5.91 Å². The number of ether oxygens (including phenoxy) is 2. The highest BCUT2D eigenvalue weighted by molar-refractivity contribution is 8.23. The standard InChI is InChI=1S/C14H16N2O4S2/c1-19-10-5-9(6-11(7-10)20-2)13(18)15-3-4-16-12(17)8-22-14(16)21/h5-7H,3-4,8H2,1-2H3,(H,15,18). The highest BCUT2D eigenvalue weighted by atomic mass is 32.2. The molecule has 22 heavy (non-hydrogen) atoms. The average molecular weight is 340 g/mol. The van der Waals surface area contributed by atoms with Crippen molar-refractivity contribution in [2.75, 3.05) is 33.1 Å². The number of methoxy groups -OCH3 is 2. The van der Waals surface area contributed by atoms with Gasteiger partial charge < -0.3 is 14.8 Å². The van der Waals surface area contributed by atoms with Gasteiger partial charge in [-0.15, -0.1) is 0 Å². The summed E-state index contributed by atoms with van der Waals surface area (Å²) in [6, 6.07) is 4.94. The first-order valence-corrected chi connectivity index (χ1v) is 7.93. The Bertz CT molecular complexity index is 568. The van der Waals surface area contributed by atoms with Crippen LogP contribution in [0.5, 0.6) is 11.5 Å². The van der Waals surface area contributed by atoms with E-state index in [-0.39, 0.29) is 11.8 Å². The van der Waals surface area contributed by atoms with Crippen LogP contribution in [0.4, 0.5) is 0 Å². The van der Waals surface area contributed by atoms with E-state index in [2.05, 4.69) is 5.32 Å². The molecule has 0 saturated carbocycles. The Hall–Kier alpha value is -1.80. The van der Waals surface area contributed by atoms with Crippen molar-refractivity contribution in [3.05, 3.63) is 23.8 Å². The number of hydrogen-bond acceptors (Lipinski definition) is 6. The zero-order chi connectivity index (χ0) is 16.1. The van der Waals surface area contributed by atoms with E-state index in [1.165, 1.54) is 30.9 Å². The molecule has 1 aromatic rings. The summed E-state index contributed by atoms with van der Waals surface area (Å²) in [5.41, 5.74) is 0.431. The molecule has 1 N–H and O–H groups in total. The molecule has 0 atom stereocenters. The van der Waals surface area contributed by atoms with E-state index in [4.69, 9.17) is 21.7 Å². The van der Waals surface area contributed by atoms with Crippen molar-refractivity contribution in [1.29, 1.82) is 0 Å². The number of nitrogens with one attached hydrogen (secondary N) is 1. The summed E-state index contributed by atoms with van der Waals surface area (Å²) in [4.78, 5) is 25.2. The van der Waals surface area contributed by atoms with E-state index in [1.54, 1.807) is 18.2 Å². The Morgan fingerprint density at radius 2 is 1.95 bits per heavy atom. The number of carbonyl (C=O) groups is 2. The minimum Gasteiger partial charge on any atom is -0.497 e. The number of amides is 2. The van der Waals surface area contributed by atoms with E-state index in [1.807, 2.05) is 0 Å². The topological polar surface area (TPSA) is 67.9 Å². The molecule has 1 aromatic carbocycles. The van der Waals surface area contributed by atoms with E-state index in [9.17, 15) is 9.59 Å². The van der Waals surface area contributed by atoms with Gasteiger partial charge >= 0.3 is 0 Å². The molecule has 1 aliphatic rings. The van der Waals surface area contributed by atoms with Crippen LogP contribution in [0.25, 0.3) is 0 Å². The second-order valence-corrected chi connectivity index (χ2v) is 6.07. The van der Waals surface area contributed by atoms with Crippen LogP contribution in [0.15, 0.2) is 18.2 Å². The molecule has 8 heteroatoms. The summed E-state index contributed by atoms with van der Waals surface area (Å²) in [7, 11) is 3.04. The van der Waals surface area contributed by atoms with Gasteiger partial charge in [0.2, 0.25) is 5.91 Å². The van der Waals surface area contributed by atoms with Crippen LogP contribution in [0.1, 0.15) is 10.4 Å². The molecule has 6 nitrogen and oxygen atoms in total. The van der Waals surface area contributed by atoms with Crippen LogP contribution in [-0.2, 0) is 4.79 Å². The molecule has 0 unspecified atom stereocenters. The minimum atomic E-state index is -0.262. The molecule has 1 aliphatic heterocycles. The first-order valence-electron chi connectivity index (χ1n) is 6.53. The van der Waals surface area contributed by atoms with Crippen molar-refractivity contribution in [3.8, 4) is 11.5 Å². The lowest BCUT2D eigenvalue weighted by Crippen LogP contribution is -2.37. The molecule has 118 valence electrons. The normalized spacial score (nSPS) is 14.2. The van der Waals surface area contributed by atoms with Crippen molar-refractivity contribution in [3.63, 3.8) is 0 Å². The molecule has 2 rings (SSSR count). The number of thiocarbonyl (C=S) groups is 1. The summed E-state index contributed by atoms with van der Waals surface area (Å²) in [5.74, 6) is 1.17. The van der Waals surface area contributed by atoms with Gasteiger partial charge in [-0.25, -0.2) is 0 Å². The molecule has 0 bridgehead atoms. The largest absolute Gasteiger partial charge is 0.497 e. The van der Waals surface area contributed by atoms with Gasteiger partial charge in [0.1, 0.15) is 15.8 Å². The monoisotopic (exact) mass is 340 g/mol. The van der Waals surface area contributed by atoms with Gasteiger partial charge in [-0.2, -0.15) is 0 Å². The number of thioether (sulfide) groups is 1. The van der Waals surface area contributed by atoms with Crippen LogP contribution >= 0.6 is 24.0 Å². The van der Waals surface area contributed by atoms with E-state index >= 15 is 0 Å². The van der Waals surface area contributed by atoms with Gasteiger partial charge in [0.05, 0.1) is 20.0 Å². The molecule has 0 radical (unpaired) electrons. The highest BCUT2D eigenvalue weighted by Crippen LogP contribution is 2.22. The summed E-state index contributed by atoms with van der Waals surface area (Å²) >= 11 is 6.42. The van der Waals surface area contributed by atoms with E-state index < -0.39 is 0 Å². The fourth-order valence-corrected chi connectivity index (χ4v) is 3.04. The summed E-state index contributed by atoms with van der Waals surface area (Å²) in [6.45, 7) is 0.697. The SMILES string of the molecule is COc1cc(OC)cc(C(=O)NCCN2C(=O)CSC2=S)c1. The predicted molar refractivity (Wildman–Crippen MR) is 88.6 cm³/mol. The lowest BCUT2D eigenvalue weighted by atomic mass is 10.2. The number of hydrogen-bond donors (Lipinski definition) is 1. The van der Waals surface area contributed by atoms with Crippen molar-refractivity contribution >= 4 is 40.1 Å². The van der Waals surface area contributed by atoms with Gasteiger partial charge in [0, 0.05) is 24.7 Å².